The van der Waals surface area contributed by atoms with E-state index >= 15 is 0 Å². The second-order valence-electron chi connectivity index (χ2n) is 7.16. The third kappa shape index (κ3) is 4.27. The highest BCUT2D eigenvalue weighted by molar-refractivity contribution is 5.93. The van der Waals surface area contributed by atoms with Crippen LogP contribution < -0.4 is 10.1 Å². The SMILES string of the molecule is CC(C)n1nccc1[C@H]1OCC[C@@H]1C(=O)Nc1cccc(Oc2cccnn2)c1. The molecule has 0 spiro atoms. The van der Waals surface area contributed by atoms with Crippen LogP contribution >= 0.6 is 0 Å². The molecule has 0 unspecified atom stereocenters. The first-order chi connectivity index (χ1) is 14.1. The molecule has 3 heterocycles. The van der Waals surface area contributed by atoms with E-state index < -0.39 is 0 Å². The summed E-state index contributed by atoms with van der Waals surface area (Å²) in [4.78, 5) is 13.0. The highest BCUT2D eigenvalue weighted by Crippen LogP contribution is 2.36. The third-order valence-electron chi connectivity index (χ3n) is 4.78. The summed E-state index contributed by atoms with van der Waals surface area (Å²) in [5.41, 5.74) is 1.58. The van der Waals surface area contributed by atoms with E-state index in [1.165, 1.54) is 0 Å². The smallest absolute Gasteiger partial charge is 0.238 e. The lowest BCUT2D eigenvalue weighted by Gasteiger charge is -2.21. The van der Waals surface area contributed by atoms with Gasteiger partial charge in [-0.1, -0.05) is 6.07 Å². The first-order valence-electron chi connectivity index (χ1n) is 9.63. The Morgan fingerprint density at radius 1 is 1.24 bits per heavy atom. The zero-order valence-electron chi connectivity index (χ0n) is 16.4. The summed E-state index contributed by atoms with van der Waals surface area (Å²) in [6.07, 6.45) is 3.68. The summed E-state index contributed by atoms with van der Waals surface area (Å²) >= 11 is 0. The maximum atomic E-state index is 13.0. The number of hydrogen-bond donors (Lipinski definition) is 1. The Balaban J connectivity index is 1.47. The van der Waals surface area contributed by atoms with Crippen molar-refractivity contribution in [1.82, 2.24) is 20.0 Å². The Labute approximate surface area is 168 Å². The van der Waals surface area contributed by atoms with Crippen LogP contribution in [-0.2, 0) is 9.53 Å². The van der Waals surface area contributed by atoms with Crippen molar-refractivity contribution in [3.63, 3.8) is 0 Å². The van der Waals surface area contributed by atoms with E-state index in [1.807, 2.05) is 22.9 Å². The molecule has 1 saturated heterocycles. The quantitative estimate of drug-likeness (QED) is 0.686. The second-order valence-corrected chi connectivity index (χ2v) is 7.16. The van der Waals surface area contributed by atoms with E-state index in [-0.39, 0.29) is 24.0 Å². The average molecular weight is 393 g/mol. The number of hydrogen-bond acceptors (Lipinski definition) is 6. The van der Waals surface area contributed by atoms with Crippen molar-refractivity contribution in [1.29, 1.82) is 0 Å². The van der Waals surface area contributed by atoms with Crippen molar-refractivity contribution < 1.29 is 14.3 Å². The lowest BCUT2D eigenvalue weighted by Crippen LogP contribution is -2.27. The van der Waals surface area contributed by atoms with Crippen LogP contribution in [0.4, 0.5) is 5.69 Å². The summed E-state index contributed by atoms with van der Waals surface area (Å²) in [6, 6.07) is 12.8. The van der Waals surface area contributed by atoms with E-state index in [0.717, 1.165) is 5.69 Å². The van der Waals surface area contributed by atoms with Gasteiger partial charge in [-0.05, 0) is 44.5 Å². The van der Waals surface area contributed by atoms with Crippen LogP contribution in [0.15, 0.2) is 54.9 Å². The normalized spacial score (nSPS) is 18.7. The van der Waals surface area contributed by atoms with Crippen LogP contribution in [-0.4, -0.2) is 32.5 Å². The molecule has 0 bridgehead atoms. The monoisotopic (exact) mass is 393 g/mol. The molecule has 3 aromatic rings. The number of aromatic nitrogens is 4. The van der Waals surface area contributed by atoms with Crippen molar-refractivity contribution in [2.24, 2.45) is 5.92 Å². The van der Waals surface area contributed by atoms with Crippen LogP contribution in [0.5, 0.6) is 11.6 Å². The molecule has 1 amide bonds. The highest BCUT2D eigenvalue weighted by Gasteiger charge is 2.37. The number of ether oxygens (including phenoxy) is 2. The van der Waals surface area contributed by atoms with Gasteiger partial charge in [-0.3, -0.25) is 9.48 Å². The van der Waals surface area contributed by atoms with E-state index in [1.54, 1.807) is 36.7 Å². The van der Waals surface area contributed by atoms with Gasteiger partial charge in [0.25, 0.3) is 0 Å². The molecule has 1 aliphatic heterocycles. The highest BCUT2D eigenvalue weighted by atomic mass is 16.5. The second kappa shape index (κ2) is 8.40. The molecular formula is C21H23N5O3. The fraction of sp³-hybridized carbons (Fsp3) is 0.333. The van der Waals surface area contributed by atoms with Crippen LogP contribution in [0, 0.1) is 5.92 Å². The molecule has 2 atom stereocenters. The van der Waals surface area contributed by atoms with Crippen molar-refractivity contribution in [2.75, 3.05) is 11.9 Å². The molecule has 4 rings (SSSR count). The Bertz CT molecular complexity index is 973. The van der Waals surface area contributed by atoms with E-state index in [2.05, 4.69) is 34.5 Å². The number of benzene rings is 1. The number of anilines is 1. The summed E-state index contributed by atoms with van der Waals surface area (Å²) in [5, 5.41) is 15.0. The van der Waals surface area contributed by atoms with E-state index in [9.17, 15) is 4.79 Å². The number of amides is 1. The molecule has 0 radical (unpaired) electrons. The molecule has 1 fully saturated rings. The van der Waals surface area contributed by atoms with Crippen molar-refractivity contribution in [3.05, 3.63) is 60.6 Å². The van der Waals surface area contributed by atoms with Gasteiger partial charge < -0.3 is 14.8 Å². The Kier molecular flexibility index (Phi) is 5.53. The summed E-state index contributed by atoms with van der Waals surface area (Å²) in [6.45, 7) is 4.66. The molecule has 8 nitrogen and oxygen atoms in total. The standard InChI is InChI=1S/C21H23N5O3/c1-14(2)26-18(8-11-23-26)20-17(9-12-28-20)21(27)24-15-5-3-6-16(13-15)29-19-7-4-10-22-25-19/h3-8,10-11,13-14,17,20H,9,12H2,1-2H3,(H,24,27)/t17-,20-/m0/s1. The molecule has 0 saturated carbocycles. The van der Waals surface area contributed by atoms with Gasteiger partial charge in [-0.15, -0.1) is 5.10 Å². The predicted octanol–water partition coefficient (Wildman–Crippen LogP) is 3.76. The lowest BCUT2D eigenvalue weighted by molar-refractivity contribution is -0.121. The number of nitrogens with zero attached hydrogens (tertiary/aromatic N) is 4. The number of carbonyl (C=O) groups is 1. The predicted molar refractivity (Wildman–Crippen MR) is 107 cm³/mol. The van der Waals surface area contributed by atoms with Crippen LogP contribution in [0.25, 0.3) is 0 Å². The van der Waals surface area contributed by atoms with E-state index in [0.29, 0.717) is 30.3 Å². The van der Waals surface area contributed by atoms with Crippen LogP contribution in [0.2, 0.25) is 0 Å². The van der Waals surface area contributed by atoms with Gasteiger partial charge in [0.15, 0.2) is 0 Å². The van der Waals surface area contributed by atoms with Crippen LogP contribution in [0.1, 0.15) is 38.1 Å². The zero-order valence-corrected chi connectivity index (χ0v) is 16.4. The number of nitrogens with one attached hydrogen (secondary N) is 1. The Hall–Kier alpha value is -3.26. The Morgan fingerprint density at radius 3 is 2.93 bits per heavy atom. The molecule has 0 aliphatic carbocycles. The van der Waals surface area contributed by atoms with Crippen molar-refractivity contribution >= 4 is 11.6 Å². The fourth-order valence-electron chi connectivity index (χ4n) is 3.47. The van der Waals surface area contributed by atoms with Gasteiger partial charge in [-0.25, -0.2) is 0 Å². The summed E-state index contributed by atoms with van der Waals surface area (Å²) in [5.74, 6) is 0.594. The Morgan fingerprint density at radius 2 is 2.14 bits per heavy atom. The van der Waals surface area contributed by atoms with Gasteiger partial charge in [0, 0.05) is 42.9 Å². The molecule has 2 aromatic heterocycles. The minimum atomic E-state index is -0.307. The van der Waals surface area contributed by atoms with Crippen molar-refractivity contribution in [3.8, 4) is 11.6 Å². The third-order valence-corrected chi connectivity index (χ3v) is 4.78. The molecule has 1 aromatic carbocycles. The van der Waals surface area contributed by atoms with Gasteiger partial charge in [0.2, 0.25) is 11.8 Å². The number of carbonyl (C=O) groups excluding carboxylic acids is 1. The molecule has 1 aliphatic rings. The minimum absolute atomic E-state index is 0.0827. The zero-order chi connectivity index (χ0) is 20.2. The largest absolute Gasteiger partial charge is 0.437 e. The first-order valence-corrected chi connectivity index (χ1v) is 9.63. The number of rotatable bonds is 6. The van der Waals surface area contributed by atoms with Crippen molar-refractivity contribution in [2.45, 2.75) is 32.4 Å². The van der Waals surface area contributed by atoms with Gasteiger partial charge in [0.05, 0.1) is 11.6 Å². The first kappa shape index (κ1) is 19.1. The topological polar surface area (TPSA) is 91.2 Å². The molecule has 1 N–H and O–H groups in total. The fourth-order valence-corrected chi connectivity index (χ4v) is 3.47. The van der Waals surface area contributed by atoms with Gasteiger partial charge >= 0.3 is 0 Å². The van der Waals surface area contributed by atoms with Gasteiger partial charge in [0.1, 0.15) is 11.9 Å². The maximum absolute atomic E-state index is 13.0. The lowest BCUT2D eigenvalue weighted by atomic mass is 9.97. The summed E-state index contributed by atoms with van der Waals surface area (Å²) < 4.78 is 13.5. The summed E-state index contributed by atoms with van der Waals surface area (Å²) in [7, 11) is 0. The van der Waals surface area contributed by atoms with Gasteiger partial charge in [-0.2, -0.15) is 10.2 Å². The maximum Gasteiger partial charge on any atom is 0.238 e. The molecule has 8 heteroatoms. The van der Waals surface area contributed by atoms with Crippen LogP contribution in [0.3, 0.4) is 0 Å². The average Bonchev–Trinajstić information content (AvgIpc) is 3.38. The minimum Gasteiger partial charge on any atom is -0.437 e. The molecule has 150 valence electrons. The molecular weight excluding hydrogens is 370 g/mol. The molecule has 29 heavy (non-hydrogen) atoms. The van der Waals surface area contributed by atoms with E-state index in [4.69, 9.17) is 9.47 Å².